The van der Waals surface area contributed by atoms with Gasteiger partial charge in [0.1, 0.15) is 0 Å². The lowest BCUT2D eigenvalue weighted by Crippen LogP contribution is -2.31. The molecule has 0 saturated carbocycles. The van der Waals surface area contributed by atoms with Crippen LogP contribution in [0.15, 0.2) is 35.1 Å². The number of benzene rings is 1. The van der Waals surface area contributed by atoms with Crippen LogP contribution >= 0.6 is 15.9 Å². The minimum Gasteiger partial charge on any atom is -0.303 e. The highest BCUT2D eigenvalue weighted by molar-refractivity contribution is 9.10. The maximum atomic E-state index is 12.1. The lowest BCUT2D eigenvalue weighted by atomic mass is 10.1. The second-order valence-electron chi connectivity index (χ2n) is 4.69. The Labute approximate surface area is 124 Å². The summed E-state index contributed by atoms with van der Waals surface area (Å²) >= 11 is 3.41. The molecular weight excluding hydrogens is 322 g/mol. The summed E-state index contributed by atoms with van der Waals surface area (Å²) in [6.07, 6.45) is 4.33. The lowest BCUT2D eigenvalue weighted by Gasteiger charge is -2.17. The highest BCUT2D eigenvalue weighted by atomic mass is 79.9. The maximum absolute atomic E-state index is 12.1. The zero-order valence-electron chi connectivity index (χ0n) is 10.8. The summed E-state index contributed by atoms with van der Waals surface area (Å²) in [6, 6.07) is 5.28. The number of hydrogen-bond donors (Lipinski definition) is 0. The third-order valence-corrected chi connectivity index (χ3v) is 3.96. The Balaban J connectivity index is 1.87. The highest BCUT2D eigenvalue weighted by Gasteiger charge is 2.36. The van der Waals surface area contributed by atoms with Gasteiger partial charge in [0.05, 0.1) is 17.4 Å². The minimum absolute atomic E-state index is 0.438. The number of anilines is 1. The van der Waals surface area contributed by atoms with Crippen LogP contribution in [0.3, 0.4) is 0 Å². The number of hydrogen-bond acceptors (Lipinski definition) is 3. The van der Waals surface area contributed by atoms with Gasteiger partial charge < -0.3 is 4.90 Å². The molecule has 0 spiro atoms. The zero-order chi connectivity index (χ0) is 14.3. The van der Waals surface area contributed by atoms with Crippen molar-refractivity contribution in [2.45, 2.75) is 6.42 Å². The monoisotopic (exact) mass is 333 g/mol. The molecule has 1 aromatic heterocycles. The minimum atomic E-state index is -0.462. The molecule has 2 aromatic rings. The number of carbonyl (C=O) groups is 2. The summed E-state index contributed by atoms with van der Waals surface area (Å²) in [7, 11) is 1.85. The molecule has 6 heteroatoms. The van der Waals surface area contributed by atoms with Crippen LogP contribution in [0.4, 0.5) is 5.69 Å². The van der Waals surface area contributed by atoms with Crippen molar-refractivity contribution >= 4 is 33.3 Å². The van der Waals surface area contributed by atoms with E-state index in [0.717, 1.165) is 10.0 Å². The van der Waals surface area contributed by atoms with E-state index >= 15 is 0 Å². The van der Waals surface area contributed by atoms with Crippen LogP contribution in [0.2, 0.25) is 0 Å². The number of aryl methyl sites for hydroxylation is 1. The number of carbonyl (C=O) groups excluding carboxylic acids is 2. The van der Waals surface area contributed by atoms with E-state index in [1.54, 1.807) is 23.0 Å². The number of Topliss-reactive ketones (excluding diaryl/α,β-unsaturated/α-hetero) is 1. The fourth-order valence-corrected chi connectivity index (χ4v) is 2.95. The number of aromatic nitrogens is 2. The molecule has 0 fully saturated rings. The van der Waals surface area contributed by atoms with Gasteiger partial charge in [-0.05, 0) is 40.0 Å². The van der Waals surface area contributed by atoms with Crippen LogP contribution in [-0.4, -0.2) is 28.0 Å². The summed E-state index contributed by atoms with van der Waals surface area (Å²) in [5.74, 6) is -0.900. The van der Waals surface area contributed by atoms with Gasteiger partial charge >= 0.3 is 0 Å². The first-order valence-corrected chi connectivity index (χ1v) is 6.99. The summed E-state index contributed by atoms with van der Waals surface area (Å²) in [4.78, 5) is 25.6. The van der Waals surface area contributed by atoms with Gasteiger partial charge in [-0.25, -0.2) is 0 Å². The first-order chi connectivity index (χ1) is 9.58. The number of para-hydroxylation sites is 1. The molecule has 1 aliphatic rings. The molecule has 0 atom stereocenters. The molecule has 20 heavy (non-hydrogen) atoms. The average molecular weight is 334 g/mol. The molecule has 0 aliphatic carbocycles. The standard InChI is InChI=1S/C14H12BrN3O2/c1-17-8-9(7-16-17)5-6-18-12-10(13(19)14(18)20)3-2-4-11(12)15/h2-4,7-8H,5-6H2,1H3. The molecule has 1 aliphatic heterocycles. The van der Waals surface area contributed by atoms with Crippen molar-refractivity contribution in [3.8, 4) is 0 Å². The van der Waals surface area contributed by atoms with E-state index in [9.17, 15) is 9.59 Å². The number of halogens is 1. The first kappa shape index (κ1) is 13.1. The number of ketones is 1. The van der Waals surface area contributed by atoms with Crippen LogP contribution in [0, 0.1) is 0 Å². The Kier molecular flexibility index (Phi) is 3.17. The van der Waals surface area contributed by atoms with Crippen molar-refractivity contribution in [1.82, 2.24) is 9.78 Å². The van der Waals surface area contributed by atoms with Crippen LogP contribution in [-0.2, 0) is 18.3 Å². The normalized spacial score (nSPS) is 14.0. The SMILES string of the molecule is Cn1cc(CCN2C(=O)C(=O)c3cccc(Br)c32)cn1. The molecular formula is C14H12BrN3O2. The van der Waals surface area contributed by atoms with E-state index in [1.165, 1.54) is 4.90 Å². The van der Waals surface area contributed by atoms with Crippen molar-refractivity contribution in [2.24, 2.45) is 7.05 Å². The van der Waals surface area contributed by atoms with Gasteiger partial charge in [0.15, 0.2) is 0 Å². The summed E-state index contributed by atoms with van der Waals surface area (Å²) in [5, 5.41) is 4.09. The second-order valence-corrected chi connectivity index (χ2v) is 5.55. The van der Waals surface area contributed by atoms with Gasteiger partial charge in [0.25, 0.3) is 11.7 Å². The average Bonchev–Trinajstić information content (AvgIpc) is 2.94. The van der Waals surface area contributed by atoms with Crippen LogP contribution < -0.4 is 4.90 Å². The Hall–Kier alpha value is -1.95. The van der Waals surface area contributed by atoms with E-state index < -0.39 is 11.7 Å². The molecule has 0 bridgehead atoms. The quantitative estimate of drug-likeness (QED) is 0.807. The first-order valence-electron chi connectivity index (χ1n) is 6.20. The van der Waals surface area contributed by atoms with Gasteiger partial charge in [-0.3, -0.25) is 14.3 Å². The predicted molar refractivity (Wildman–Crippen MR) is 77.7 cm³/mol. The maximum Gasteiger partial charge on any atom is 0.299 e. The molecule has 0 unspecified atom stereocenters. The third-order valence-electron chi connectivity index (χ3n) is 3.32. The summed E-state index contributed by atoms with van der Waals surface area (Å²) in [5.41, 5.74) is 2.18. The largest absolute Gasteiger partial charge is 0.303 e. The van der Waals surface area contributed by atoms with Gasteiger partial charge in [-0.1, -0.05) is 6.07 Å². The topological polar surface area (TPSA) is 55.2 Å². The molecule has 5 nitrogen and oxygen atoms in total. The number of fused-ring (bicyclic) bond motifs is 1. The van der Waals surface area contributed by atoms with Crippen LogP contribution in [0.5, 0.6) is 0 Å². The Bertz CT molecular complexity index is 708. The zero-order valence-corrected chi connectivity index (χ0v) is 12.4. The molecule has 1 amide bonds. The van der Waals surface area contributed by atoms with E-state index in [4.69, 9.17) is 0 Å². The van der Waals surface area contributed by atoms with Crippen molar-refractivity contribution in [3.63, 3.8) is 0 Å². The molecule has 3 rings (SSSR count). The Morgan fingerprint density at radius 3 is 2.80 bits per heavy atom. The predicted octanol–water partition coefficient (Wildman–Crippen LogP) is 1.95. The van der Waals surface area contributed by atoms with E-state index in [2.05, 4.69) is 21.0 Å². The van der Waals surface area contributed by atoms with Crippen molar-refractivity contribution < 1.29 is 9.59 Å². The number of rotatable bonds is 3. The molecule has 0 saturated heterocycles. The highest BCUT2D eigenvalue weighted by Crippen LogP contribution is 2.35. The second kappa shape index (κ2) is 4.86. The molecule has 1 aromatic carbocycles. The van der Waals surface area contributed by atoms with E-state index in [-0.39, 0.29) is 0 Å². The van der Waals surface area contributed by atoms with Crippen molar-refractivity contribution in [1.29, 1.82) is 0 Å². The fourth-order valence-electron chi connectivity index (χ4n) is 2.37. The summed E-state index contributed by atoms with van der Waals surface area (Å²) < 4.78 is 2.48. The number of amides is 1. The van der Waals surface area contributed by atoms with E-state index in [1.807, 2.05) is 19.3 Å². The van der Waals surface area contributed by atoms with Crippen molar-refractivity contribution in [3.05, 3.63) is 46.2 Å². The Morgan fingerprint density at radius 2 is 2.10 bits per heavy atom. The molecule has 0 radical (unpaired) electrons. The molecule has 102 valence electrons. The fraction of sp³-hybridized carbons (Fsp3) is 0.214. The van der Waals surface area contributed by atoms with Crippen LogP contribution in [0.1, 0.15) is 15.9 Å². The van der Waals surface area contributed by atoms with Gasteiger partial charge in [0.2, 0.25) is 0 Å². The van der Waals surface area contributed by atoms with Crippen molar-refractivity contribution in [2.75, 3.05) is 11.4 Å². The van der Waals surface area contributed by atoms with Gasteiger partial charge in [-0.2, -0.15) is 5.10 Å². The summed E-state index contributed by atoms with van der Waals surface area (Å²) in [6.45, 7) is 0.464. The lowest BCUT2D eigenvalue weighted by molar-refractivity contribution is -0.114. The van der Waals surface area contributed by atoms with E-state index in [0.29, 0.717) is 24.2 Å². The van der Waals surface area contributed by atoms with Crippen LogP contribution in [0.25, 0.3) is 0 Å². The smallest absolute Gasteiger partial charge is 0.299 e. The van der Waals surface area contributed by atoms with Gasteiger partial charge in [0, 0.05) is 24.3 Å². The number of nitrogens with zero attached hydrogens (tertiary/aromatic N) is 3. The van der Waals surface area contributed by atoms with Gasteiger partial charge in [-0.15, -0.1) is 0 Å². The third kappa shape index (κ3) is 2.06. The Morgan fingerprint density at radius 1 is 1.30 bits per heavy atom. The molecule has 0 N–H and O–H groups in total. The molecule has 2 heterocycles.